The minimum atomic E-state index is 0.757. The summed E-state index contributed by atoms with van der Waals surface area (Å²) >= 11 is 0.757. The normalized spacial score (nSPS) is 11.0. The van der Waals surface area contributed by atoms with E-state index in [0.717, 1.165) is 44.2 Å². The quantitative estimate of drug-likeness (QED) is 0.172. The first-order chi connectivity index (χ1) is 16.3. The molecule has 0 aliphatic rings. The Hall–Kier alpha value is -2.46. The Balaban J connectivity index is 0.000000821. The van der Waals surface area contributed by atoms with Crippen molar-refractivity contribution in [3.8, 4) is 0 Å². The Kier molecular flexibility index (Phi) is 8.71. The Morgan fingerprint density at radius 1 is 0.606 bits per heavy atom. The number of hydrogen-bond acceptors (Lipinski definition) is 3. The van der Waals surface area contributed by atoms with Gasteiger partial charge in [-0.15, -0.1) is 0 Å². The predicted molar refractivity (Wildman–Crippen MR) is 135 cm³/mol. The summed E-state index contributed by atoms with van der Waals surface area (Å²) in [7, 11) is 9.34. The maximum atomic E-state index is 4.67. The van der Waals surface area contributed by atoms with Crippen LogP contribution < -0.4 is 0 Å². The van der Waals surface area contributed by atoms with Crippen molar-refractivity contribution in [1.29, 1.82) is 0 Å². The third-order valence-electron chi connectivity index (χ3n) is 5.49. The fourth-order valence-corrected chi connectivity index (χ4v) is 4.11. The van der Waals surface area contributed by atoms with Crippen molar-refractivity contribution in [2.75, 3.05) is 0 Å². The average molecular weight is 524 g/mol. The van der Waals surface area contributed by atoms with Crippen LogP contribution in [0.15, 0.2) is 103 Å². The van der Waals surface area contributed by atoms with Gasteiger partial charge in [-0.3, -0.25) is 14.9 Å². The van der Waals surface area contributed by atoms with Crippen molar-refractivity contribution in [2.24, 2.45) is 0 Å². The molecule has 171 valence electrons. The van der Waals surface area contributed by atoms with Crippen LogP contribution in [0.2, 0.25) is 0 Å². The van der Waals surface area contributed by atoms with E-state index in [0.29, 0.717) is 0 Å². The summed E-state index contributed by atoms with van der Waals surface area (Å²) in [6, 6.07) is 31.8. The zero-order valence-corrected chi connectivity index (χ0v) is 20.3. The fourth-order valence-electron chi connectivity index (χ4n) is 4.11. The van der Waals surface area contributed by atoms with Gasteiger partial charge in [-0.2, -0.15) is 0 Å². The van der Waals surface area contributed by atoms with E-state index in [2.05, 4.69) is 114 Å². The molecule has 0 atom stereocenters. The Morgan fingerprint density at radius 3 is 1.52 bits per heavy atom. The van der Waals surface area contributed by atoms with Gasteiger partial charge in [-0.1, -0.05) is 60.7 Å². The van der Waals surface area contributed by atoms with E-state index in [1.807, 2.05) is 24.5 Å². The smallest absolute Gasteiger partial charge is 0.0544 e. The summed E-state index contributed by atoms with van der Waals surface area (Å²) in [6.07, 6.45) is 3.73. The zero-order chi connectivity index (χ0) is 22.9. The summed E-state index contributed by atoms with van der Waals surface area (Å²) < 4.78 is 0. The molecule has 0 N–H and O–H groups in total. The van der Waals surface area contributed by atoms with Crippen molar-refractivity contribution in [3.63, 3.8) is 0 Å². The van der Waals surface area contributed by atoms with Crippen LogP contribution >= 0.6 is 20.2 Å². The molecule has 0 bridgehead atoms. The molecule has 5 rings (SSSR count). The number of halogens is 2. The number of hydrogen-bond donors (Lipinski definition) is 0. The van der Waals surface area contributed by atoms with E-state index in [1.165, 1.54) is 27.1 Å². The van der Waals surface area contributed by atoms with Gasteiger partial charge >= 0.3 is 33.3 Å². The summed E-state index contributed by atoms with van der Waals surface area (Å²) in [4.78, 5) is 11.6. The second-order valence-electron chi connectivity index (χ2n) is 7.63. The number of nitrogens with zero attached hydrogens (tertiary/aromatic N) is 3. The molecule has 0 amide bonds. The third kappa shape index (κ3) is 6.32. The monoisotopic (exact) mass is 522 g/mol. The number of rotatable bonds is 6. The topological polar surface area (TPSA) is 29.0 Å². The van der Waals surface area contributed by atoms with Gasteiger partial charge in [0.05, 0.1) is 11.4 Å². The van der Waals surface area contributed by atoms with Crippen LogP contribution in [0, 0.1) is 0 Å². The molecule has 0 saturated carbocycles. The largest absolute Gasteiger partial charge is 0.287 e. The number of aromatic nitrogens is 2. The SMILES string of the molecule is [Cl][Cu][Cl].c1ccc(CN(Cc2ccccn2)Cc2c3ccccc3cc3ccccc23)nc1. The van der Waals surface area contributed by atoms with Crippen LogP contribution in [-0.2, 0) is 32.8 Å². The summed E-state index contributed by atoms with van der Waals surface area (Å²) in [6.45, 7) is 2.37. The van der Waals surface area contributed by atoms with E-state index in [-0.39, 0.29) is 0 Å². The van der Waals surface area contributed by atoms with E-state index < -0.39 is 0 Å². The first kappa shape index (κ1) is 23.7. The van der Waals surface area contributed by atoms with E-state index in [4.69, 9.17) is 0 Å². The Morgan fingerprint density at radius 2 is 1.06 bits per heavy atom. The van der Waals surface area contributed by atoms with E-state index in [9.17, 15) is 0 Å². The molecule has 5 aromatic rings. The number of pyridine rings is 2. The standard InChI is InChI=1S/C27H23N3.2ClH.Cu/c1-3-13-25-21(9-1)17-22-10-2-4-14-26(22)27(25)20-30(18-23-11-5-7-15-28-23)19-24-12-6-8-16-29-24;;;/h1-17H,18-20H2;2*1H;/q;;;+2/p-2. The maximum Gasteiger partial charge on any atom is 0.0544 e. The maximum absolute atomic E-state index is 4.67. The van der Waals surface area contributed by atoms with Gasteiger partial charge in [0.1, 0.15) is 0 Å². The van der Waals surface area contributed by atoms with Crippen LogP contribution in [0.25, 0.3) is 21.5 Å². The molecular weight excluding hydrogens is 501 g/mol. The summed E-state index contributed by atoms with van der Waals surface area (Å²) in [5, 5.41) is 5.18. The van der Waals surface area contributed by atoms with E-state index >= 15 is 0 Å². The molecule has 3 aromatic carbocycles. The molecular formula is C27H23Cl2CuN3. The van der Waals surface area contributed by atoms with Crippen LogP contribution in [0.4, 0.5) is 0 Å². The second kappa shape index (κ2) is 12.1. The van der Waals surface area contributed by atoms with Gasteiger partial charge in [0.2, 0.25) is 0 Å². The Bertz CT molecular complexity index is 1200. The van der Waals surface area contributed by atoms with Gasteiger partial charge in [-0.25, -0.2) is 0 Å². The van der Waals surface area contributed by atoms with E-state index in [1.54, 1.807) is 0 Å². The van der Waals surface area contributed by atoms with Gasteiger partial charge in [-0.05, 0) is 57.4 Å². The minimum Gasteiger partial charge on any atom is -0.287 e. The molecule has 33 heavy (non-hydrogen) atoms. The van der Waals surface area contributed by atoms with Crippen molar-refractivity contribution in [3.05, 3.63) is 120 Å². The molecule has 0 radical (unpaired) electrons. The molecule has 0 saturated heterocycles. The van der Waals surface area contributed by atoms with Crippen LogP contribution in [0.3, 0.4) is 0 Å². The van der Waals surface area contributed by atoms with Crippen LogP contribution in [-0.4, -0.2) is 14.9 Å². The average Bonchev–Trinajstić information content (AvgIpc) is 2.85. The van der Waals surface area contributed by atoms with Gasteiger partial charge < -0.3 is 0 Å². The van der Waals surface area contributed by atoms with Gasteiger partial charge in [0, 0.05) is 32.0 Å². The molecule has 2 aromatic heterocycles. The number of fused-ring (bicyclic) bond motifs is 2. The van der Waals surface area contributed by atoms with Crippen molar-refractivity contribution >= 4 is 41.7 Å². The van der Waals surface area contributed by atoms with Crippen LogP contribution in [0.1, 0.15) is 17.0 Å². The molecule has 0 aliphatic heterocycles. The van der Waals surface area contributed by atoms with Crippen LogP contribution in [0.5, 0.6) is 0 Å². The molecule has 3 nitrogen and oxygen atoms in total. The van der Waals surface area contributed by atoms with Gasteiger partial charge in [0.25, 0.3) is 0 Å². The third-order valence-corrected chi connectivity index (χ3v) is 5.49. The number of benzene rings is 3. The first-order valence-electron chi connectivity index (χ1n) is 10.5. The van der Waals surface area contributed by atoms with Gasteiger partial charge in [0.15, 0.2) is 0 Å². The molecule has 0 spiro atoms. The summed E-state index contributed by atoms with van der Waals surface area (Å²) in [5.41, 5.74) is 3.49. The minimum absolute atomic E-state index is 0.757. The first-order valence-corrected chi connectivity index (χ1v) is 13.1. The molecule has 2 heterocycles. The zero-order valence-electron chi connectivity index (χ0n) is 17.8. The predicted octanol–water partition coefficient (Wildman–Crippen LogP) is 7.36. The van der Waals surface area contributed by atoms with Crippen molar-refractivity contribution < 1.29 is 13.1 Å². The second-order valence-corrected chi connectivity index (χ2v) is 9.18. The molecule has 0 aliphatic carbocycles. The Labute approximate surface area is 209 Å². The summed E-state index contributed by atoms with van der Waals surface area (Å²) in [5.74, 6) is 0. The fraction of sp³-hybridized carbons (Fsp3) is 0.111. The molecule has 0 fully saturated rings. The van der Waals surface area contributed by atoms with Crippen molar-refractivity contribution in [2.45, 2.75) is 19.6 Å². The van der Waals surface area contributed by atoms with Crippen molar-refractivity contribution in [1.82, 2.24) is 14.9 Å². The molecule has 0 unspecified atom stereocenters. The molecule has 6 heteroatoms.